The molecule has 5 heteroatoms. The van der Waals surface area contributed by atoms with Gasteiger partial charge in [0.2, 0.25) is 11.8 Å². The van der Waals surface area contributed by atoms with Crippen LogP contribution in [0.5, 0.6) is 0 Å². The van der Waals surface area contributed by atoms with Crippen molar-refractivity contribution in [1.82, 2.24) is 10.2 Å². The van der Waals surface area contributed by atoms with E-state index in [0.717, 1.165) is 25.9 Å². The third-order valence-corrected chi connectivity index (χ3v) is 4.48. The van der Waals surface area contributed by atoms with E-state index in [9.17, 15) is 14.7 Å². The first kappa shape index (κ1) is 15.3. The number of likely N-dealkylation sites (tertiary alicyclic amines) is 1. The van der Waals surface area contributed by atoms with E-state index < -0.39 is 6.10 Å². The van der Waals surface area contributed by atoms with Crippen molar-refractivity contribution >= 4 is 11.8 Å². The number of nitrogens with zero attached hydrogens (tertiary/aromatic N) is 1. The summed E-state index contributed by atoms with van der Waals surface area (Å²) < 4.78 is 0. The quantitative estimate of drug-likeness (QED) is 0.791. The fourth-order valence-corrected chi connectivity index (χ4v) is 3.50. The molecule has 3 atom stereocenters. The molecule has 1 heterocycles. The van der Waals surface area contributed by atoms with Gasteiger partial charge in [-0.15, -0.1) is 0 Å². The summed E-state index contributed by atoms with van der Waals surface area (Å²) in [6, 6.07) is -0.278. The van der Waals surface area contributed by atoms with E-state index in [-0.39, 0.29) is 29.2 Å². The van der Waals surface area contributed by atoms with Crippen LogP contribution in [0, 0.1) is 11.3 Å². The molecule has 0 radical (unpaired) electrons. The van der Waals surface area contributed by atoms with Crippen LogP contribution < -0.4 is 5.32 Å². The highest BCUT2D eigenvalue weighted by Crippen LogP contribution is 2.33. The van der Waals surface area contributed by atoms with Crippen molar-refractivity contribution in [2.75, 3.05) is 13.1 Å². The number of hydrogen-bond donors (Lipinski definition) is 2. The van der Waals surface area contributed by atoms with Crippen molar-refractivity contribution in [3.8, 4) is 0 Å². The Morgan fingerprint density at radius 1 is 1.30 bits per heavy atom. The van der Waals surface area contributed by atoms with Gasteiger partial charge in [-0.1, -0.05) is 13.8 Å². The molecular weight excluding hydrogens is 256 g/mol. The zero-order valence-corrected chi connectivity index (χ0v) is 12.7. The molecule has 5 nitrogen and oxygen atoms in total. The predicted molar refractivity (Wildman–Crippen MR) is 75.9 cm³/mol. The second-order valence-corrected chi connectivity index (χ2v) is 7.07. The van der Waals surface area contributed by atoms with Gasteiger partial charge in [0.05, 0.1) is 12.1 Å². The van der Waals surface area contributed by atoms with Crippen LogP contribution in [0.15, 0.2) is 0 Å². The highest BCUT2D eigenvalue weighted by atomic mass is 16.3. The maximum atomic E-state index is 12.6. The monoisotopic (exact) mass is 282 g/mol. The molecule has 114 valence electrons. The fourth-order valence-electron chi connectivity index (χ4n) is 3.50. The average molecular weight is 282 g/mol. The highest BCUT2D eigenvalue weighted by Gasteiger charge is 2.40. The van der Waals surface area contributed by atoms with Crippen molar-refractivity contribution in [2.45, 2.75) is 58.6 Å². The Labute approximate surface area is 120 Å². The summed E-state index contributed by atoms with van der Waals surface area (Å²) in [4.78, 5) is 25.6. The maximum Gasteiger partial charge on any atom is 0.225 e. The molecule has 1 saturated carbocycles. The van der Waals surface area contributed by atoms with Gasteiger partial charge in [0.25, 0.3) is 0 Å². The van der Waals surface area contributed by atoms with Crippen LogP contribution in [0.1, 0.15) is 46.5 Å². The largest absolute Gasteiger partial charge is 0.391 e. The number of rotatable bonds is 2. The molecule has 0 unspecified atom stereocenters. The summed E-state index contributed by atoms with van der Waals surface area (Å²) in [6.45, 7) is 7.43. The summed E-state index contributed by atoms with van der Waals surface area (Å²) in [6.07, 6.45) is 2.60. The van der Waals surface area contributed by atoms with Crippen molar-refractivity contribution in [2.24, 2.45) is 11.3 Å². The van der Waals surface area contributed by atoms with Gasteiger partial charge in [-0.25, -0.2) is 0 Å². The van der Waals surface area contributed by atoms with Gasteiger partial charge < -0.3 is 15.3 Å². The lowest BCUT2D eigenvalue weighted by Gasteiger charge is -2.39. The molecule has 1 saturated heterocycles. The molecule has 1 aliphatic carbocycles. The minimum atomic E-state index is -0.606. The summed E-state index contributed by atoms with van der Waals surface area (Å²) in [5.41, 5.74) is 0.183. The van der Waals surface area contributed by atoms with E-state index in [1.54, 1.807) is 0 Å². The van der Waals surface area contributed by atoms with E-state index in [1.165, 1.54) is 6.92 Å². The van der Waals surface area contributed by atoms with Crippen molar-refractivity contribution in [3.05, 3.63) is 0 Å². The minimum absolute atomic E-state index is 0.143. The maximum absolute atomic E-state index is 12.6. The standard InChI is InChI=1S/C15H26N2O3/c1-10(18)16-12-7-11(8-13(12)19)14(20)17-6-4-5-15(2,3)9-17/h11-13,19H,4-9H2,1-3H3,(H,16,18)/t11-,12+,13+/m0/s1. The topological polar surface area (TPSA) is 69.6 Å². The van der Waals surface area contributed by atoms with Gasteiger partial charge in [-0.3, -0.25) is 9.59 Å². The lowest BCUT2D eigenvalue weighted by Crippen LogP contribution is -2.46. The second kappa shape index (κ2) is 5.72. The lowest BCUT2D eigenvalue weighted by molar-refractivity contribution is -0.138. The van der Waals surface area contributed by atoms with Crippen LogP contribution in [-0.2, 0) is 9.59 Å². The number of hydrogen-bond acceptors (Lipinski definition) is 3. The van der Waals surface area contributed by atoms with Gasteiger partial charge in [0.15, 0.2) is 0 Å². The van der Waals surface area contributed by atoms with E-state index >= 15 is 0 Å². The average Bonchev–Trinajstić information content (AvgIpc) is 2.68. The van der Waals surface area contributed by atoms with Crippen molar-refractivity contribution < 1.29 is 14.7 Å². The molecule has 20 heavy (non-hydrogen) atoms. The highest BCUT2D eigenvalue weighted by molar-refractivity contribution is 5.80. The van der Waals surface area contributed by atoms with Crippen LogP contribution in [0.25, 0.3) is 0 Å². The van der Waals surface area contributed by atoms with Crippen LogP contribution in [0.2, 0.25) is 0 Å². The van der Waals surface area contributed by atoms with Gasteiger partial charge in [0, 0.05) is 25.9 Å². The number of amides is 2. The lowest BCUT2D eigenvalue weighted by atomic mass is 9.83. The predicted octanol–water partition coefficient (Wildman–Crippen LogP) is 0.911. The fraction of sp³-hybridized carbons (Fsp3) is 0.867. The smallest absolute Gasteiger partial charge is 0.225 e. The molecule has 2 aliphatic rings. The van der Waals surface area contributed by atoms with E-state index in [4.69, 9.17) is 0 Å². The number of carbonyl (C=O) groups excluding carboxylic acids is 2. The summed E-state index contributed by atoms with van der Waals surface area (Å²) >= 11 is 0. The Balaban J connectivity index is 1.95. The van der Waals surface area contributed by atoms with Crippen molar-refractivity contribution in [3.63, 3.8) is 0 Å². The molecule has 2 fully saturated rings. The van der Waals surface area contributed by atoms with Crippen LogP contribution in [0.3, 0.4) is 0 Å². The second-order valence-electron chi connectivity index (χ2n) is 7.07. The molecule has 0 aromatic heterocycles. The zero-order chi connectivity index (χ0) is 14.9. The number of aliphatic hydroxyl groups excluding tert-OH is 1. The van der Waals surface area contributed by atoms with E-state index in [1.807, 2.05) is 4.90 Å². The normalized spacial score (nSPS) is 33.0. The summed E-state index contributed by atoms with van der Waals surface area (Å²) in [5.74, 6) is -0.165. The molecule has 2 N–H and O–H groups in total. The minimum Gasteiger partial charge on any atom is -0.391 e. The Morgan fingerprint density at radius 2 is 2.00 bits per heavy atom. The molecular formula is C15H26N2O3. The van der Waals surface area contributed by atoms with Crippen LogP contribution >= 0.6 is 0 Å². The molecule has 2 rings (SSSR count). The number of carbonyl (C=O) groups is 2. The van der Waals surface area contributed by atoms with E-state index in [0.29, 0.717) is 12.8 Å². The van der Waals surface area contributed by atoms with Crippen LogP contribution in [0.4, 0.5) is 0 Å². The zero-order valence-electron chi connectivity index (χ0n) is 12.7. The first-order chi connectivity index (χ1) is 9.28. The summed E-state index contributed by atoms with van der Waals surface area (Å²) in [5, 5.41) is 12.7. The molecule has 0 spiro atoms. The Kier molecular flexibility index (Phi) is 4.37. The summed E-state index contributed by atoms with van der Waals surface area (Å²) in [7, 11) is 0. The Bertz CT molecular complexity index is 395. The molecule has 2 amide bonds. The molecule has 0 bridgehead atoms. The van der Waals surface area contributed by atoms with Gasteiger partial charge in [-0.05, 0) is 31.1 Å². The Morgan fingerprint density at radius 3 is 2.60 bits per heavy atom. The number of aliphatic hydroxyl groups is 1. The SMILES string of the molecule is CC(=O)N[C@@H]1C[C@H](C(=O)N2CCCC(C)(C)C2)C[C@H]1O. The first-order valence-corrected chi connectivity index (χ1v) is 7.52. The first-order valence-electron chi connectivity index (χ1n) is 7.52. The molecule has 1 aliphatic heterocycles. The van der Waals surface area contributed by atoms with Crippen LogP contribution in [-0.4, -0.2) is 47.1 Å². The van der Waals surface area contributed by atoms with Gasteiger partial charge in [-0.2, -0.15) is 0 Å². The number of nitrogens with one attached hydrogen (secondary N) is 1. The number of piperidine rings is 1. The third kappa shape index (κ3) is 3.51. The Hall–Kier alpha value is -1.10. The third-order valence-electron chi connectivity index (χ3n) is 4.48. The molecule has 0 aromatic rings. The van der Waals surface area contributed by atoms with Gasteiger partial charge >= 0.3 is 0 Å². The molecule has 0 aromatic carbocycles. The van der Waals surface area contributed by atoms with Crippen molar-refractivity contribution in [1.29, 1.82) is 0 Å². The van der Waals surface area contributed by atoms with Gasteiger partial charge in [0.1, 0.15) is 0 Å². The van der Waals surface area contributed by atoms with E-state index in [2.05, 4.69) is 19.2 Å².